The summed E-state index contributed by atoms with van der Waals surface area (Å²) in [6, 6.07) is 1.87. The molecule has 17 heavy (non-hydrogen) atoms. The van der Waals surface area contributed by atoms with Crippen LogP contribution in [0.25, 0.3) is 0 Å². The molecule has 1 amide bonds. The molecule has 1 aliphatic rings. The highest BCUT2D eigenvalue weighted by Gasteiger charge is 2.17. The highest BCUT2D eigenvalue weighted by molar-refractivity contribution is 9.11. The van der Waals surface area contributed by atoms with Gasteiger partial charge < -0.3 is 10.2 Å². The van der Waals surface area contributed by atoms with Crippen molar-refractivity contribution < 1.29 is 4.79 Å². The van der Waals surface area contributed by atoms with Crippen molar-refractivity contribution in [2.45, 2.75) is 12.8 Å². The number of thiophene rings is 1. The minimum Gasteiger partial charge on any atom is -0.352 e. The number of hydrogen-bond donors (Lipinski definition) is 1. The van der Waals surface area contributed by atoms with Crippen LogP contribution in [0.1, 0.15) is 23.2 Å². The molecule has 2 heterocycles. The summed E-state index contributed by atoms with van der Waals surface area (Å²) in [4.78, 5) is 14.2. The number of nitrogens with one attached hydrogen (secondary N) is 1. The predicted octanol–water partition coefficient (Wildman–Crippen LogP) is 2.58. The topological polar surface area (TPSA) is 32.3 Å². The molecule has 0 atom stereocenters. The Morgan fingerprint density at radius 1 is 1.59 bits per heavy atom. The maximum absolute atomic E-state index is 11.8. The number of hydrogen-bond acceptors (Lipinski definition) is 3. The second-order valence-electron chi connectivity index (χ2n) is 4.60. The SMILES string of the molecule is CN1CCC(CNC(=O)c2csc(Br)c2)CC1. The highest BCUT2D eigenvalue weighted by Crippen LogP contribution is 2.21. The molecule has 5 heteroatoms. The van der Waals surface area contributed by atoms with Crippen molar-refractivity contribution in [3.8, 4) is 0 Å². The lowest BCUT2D eigenvalue weighted by Crippen LogP contribution is -2.36. The summed E-state index contributed by atoms with van der Waals surface area (Å²) in [5, 5.41) is 4.91. The van der Waals surface area contributed by atoms with Gasteiger partial charge in [0, 0.05) is 11.9 Å². The van der Waals surface area contributed by atoms with E-state index in [1.54, 1.807) is 11.3 Å². The molecular weight excluding hydrogens is 300 g/mol. The molecule has 2 rings (SSSR count). The molecule has 0 saturated carbocycles. The van der Waals surface area contributed by atoms with Gasteiger partial charge >= 0.3 is 0 Å². The van der Waals surface area contributed by atoms with E-state index in [9.17, 15) is 4.79 Å². The monoisotopic (exact) mass is 316 g/mol. The number of amides is 1. The summed E-state index contributed by atoms with van der Waals surface area (Å²) in [5.74, 6) is 0.683. The van der Waals surface area contributed by atoms with E-state index >= 15 is 0 Å². The first kappa shape index (κ1) is 13.1. The van der Waals surface area contributed by atoms with Crippen molar-refractivity contribution in [1.29, 1.82) is 0 Å². The van der Waals surface area contributed by atoms with Crippen LogP contribution in [0.4, 0.5) is 0 Å². The Morgan fingerprint density at radius 2 is 2.29 bits per heavy atom. The number of halogens is 1. The lowest BCUT2D eigenvalue weighted by atomic mass is 9.97. The van der Waals surface area contributed by atoms with Gasteiger partial charge in [0.1, 0.15) is 0 Å². The summed E-state index contributed by atoms with van der Waals surface area (Å²) in [5.41, 5.74) is 0.759. The van der Waals surface area contributed by atoms with E-state index in [1.807, 2.05) is 11.4 Å². The van der Waals surface area contributed by atoms with Crippen molar-refractivity contribution in [2.24, 2.45) is 5.92 Å². The number of nitrogens with zero attached hydrogens (tertiary/aromatic N) is 1. The third-order valence-electron chi connectivity index (χ3n) is 3.22. The predicted molar refractivity (Wildman–Crippen MR) is 74.6 cm³/mol. The summed E-state index contributed by atoms with van der Waals surface area (Å²) < 4.78 is 1.00. The minimum absolute atomic E-state index is 0.0471. The number of carbonyl (C=O) groups excluding carboxylic acids is 1. The van der Waals surface area contributed by atoms with Crippen LogP contribution in [0.5, 0.6) is 0 Å². The van der Waals surface area contributed by atoms with Gasteiger partial charge in [-0.05, 0) is 60.9 Å². The maximum Gasteiger partial charge on any atom is 0.252 e. The van der Waals surface area contributed by atoms with Crippen LogP contribution in [0.2, 0.25) is 0 Å². The summed E-state index contributed by atoms with van der Waals surface area (Å²) in [7, 11) is 2.15. The first-order chi connectivity index (χ1) is 8.15. The van der Waals surface area contributed by atoms with Gasteiger partial charge in [0.2, 0.25) is 0 Å². The smallest absolute Gasteiger partial charge is 0.252 e. The van der Waals surface area contributed by atoms with E-state index in [0.29, 0.717) is 5.92 Å². The average molecular weight is 317 g/mol. The zero-order chi connectivity index (χ0) is 12.3. The maximum atomic E-state index is 11.8. The number of likely N-dealkylation sites (tertiary alicyclic amines) is 1. The lowest BCUT2D eigenvalue weighted by Gasteiger charge is -2.28. The number of piperidine rings is 1. The fourth-order valence-corrected chi connectivity index (χ4v) is 3.17. The van der Waals surface area contributed by atoms with E-state index < -0.39 is 0 Å². The molecule has 0 unspecified atom stereocenters. The molecule has 1 aromatic rings. The van der Waals surface area contributed by atoms with E-state index in [-0.39, 0.29) is 5.91 Å². The zero-order valence-electron chi connectivity index (χ0n) is 9.91. The third kappa shape index (κ3) is 3.79. The molecule has 94 valence electrons. The van der Waals surface area contributed by atoms with Gasteiger partial charge in [-0.1, -0.05) is 0 Å². The van der Waals surface area contributed by atoms with E-state index in [1.165, 1.54) is 12.8 Å². The second-order valence-corrected chi connectivity index (χ2v) is 6.89. The van der Waals surface area contributed by atoms with Crippen molar-refractivity contribution >= 4 is 33.2 Å². The molecule has 0 radical (unpaired) electrons. The van der Waals surface area contributed by atoms with Gasteiger partial charge in [0.25, 0.3) is 5.91 Å². The Kier molecular flexibility index (Phi) is 4.59. The highest BCUT2D eigenvalue weighted by atomic mass is 79.9. The molecule has 3 nitrogen and oxygen atoms in total. The van der Waals surface area contributed by atoms with E-state index in [2.05, 4.69) is 33.2 Å². The molecule has 0 aliphatic carbocycles. The Hall–Kier alpha value is -0.390. The van der Waals surface area contributed by atoms with Crippen molar-refractivity contribution in [2.75, 3.05) is 26.7 Å². The van der Waals surface area contributed by atoms with Gasteiger partial charge in [-0.25, -0.2) is 0 Å². The fraction of sp³-hybridized carbons (Fsp3) is 0.583. The van der Waals surface area contributed by atoms with Gasteiger partial charge in [-0.3, -0.25) is 4.79 Å². The molecule has 1 aromatic heterocycles. The van der Waals surface area contributed by atoms with Gasteiger partial charge in [-0.2, -0.15) is 0 Å². The Labute approximate surface area is 114 Å². The number of carbonyl (C=O) groups is 1. The Bertz CT molecular complexity index is 386. The minimum atomic E-state index is 0.0471. The quantitative estimate of drug-likeness (QED) is 0.929. The van der Waals surface area contributed by atoms with Crippen LogP contribution in [0, 0.1) is 5.92 Å². The Morgan fingerprint density at radius 3 is 2.88 bits per heavy atom. The van der Waals surface area contributed by atoms with Crippen LogP contribution in [-0.4, -0.2) is 37.5 Å². The van der Waals surface area contributed by atoms with Gasteiger partial charge in [-0.15, -0.1) is 11.3 Å². The molecule has 0 aromatic carbocycles. The van der Waals surface area contributed by atoms with Crippen molar-refractivity contribution in [3.05, 3.63) is 20.8 Å². The normalized spacial score (nSPS) is 18.2. The van der Waals surface area contributed by atoms with Crippen LogP contribution >= 0.6 is 27.3 Å². The van der Waals surface area contributed by atoms with Crippen LogP contribution < -0.4 is 5.32 Å². The van der Waals surface area contributed by atoms with E-state index in [4.69, 9.17) is 0 Å². The largest absolute Gasteiger partial charge is 0.352 e. The van der Waals surface area contributed by atoms with Crippen molar-refractivity contribution in [1.82, 2.24) is 10.2 Å². The number of rotatable bonds is 3. The third-order valence-corrected chi connectivity index (χ3v) is 4.72. The summed E-state index contributed by atoms with van der Waals surface area (Å²) in [6.45, 7) is 3.09. The van der Waals surface area contributed by atoms with Crippen LogP contribution in [-0.2, 0) is 0 Å². The summed E-state index contributed by atoms with van der Waals surface area (Å²) in [6.07, 6.45) is 2.37. The lowest BCUT2D eigenvalue weighted by molar-refractivity contribution is 0.0939. The second kappa shape index (κ2) is 5.98. The first-order valence-corrected chi connectivity index (χ1v) is 7.53. The molecule has 1 saturated heterocycles. The zero-order valence-corrected chi connectivity index (χ0v) is 12.3. The molecule has 0 bridgehead atoms. The molecular formula is C12H17BrN2OS. The van der Waals surface area contributed by atoms with Gasteiger partial charge in [0.15, 0.2) is 0 Å². The van der Waals surface area contributed by atoms with Crippen molar-refractivity contribution in [3.63, 3.8) is 0 Å². The molecule has 1 aliphatic heterocycles. The average Bonchev–Trinajstić information content (AvgIpc) is 2.75. The Balaban J connectivity index is 1.76. The first-order valence-electron chi connectivity index (χ1n) is 5.86. The van der Waals surface area contributed by atoms with E-state index in [0.717, 1.165) is 29.0 Å². The van der Waals surface area contributed by atoms with Crippen LogP contribution in [0.3, 0.4) is 0 Å². The van der Waals surface area contributed by atoms with Gasteiger partial charge in [0.05, 0.1) is 9.35 Å². The van der Waals surface area contributed by atoms with Crippen LogP contribution in [0.15, 0.2) is 15.2 Å². The molecule has 1 N–H and O–H groups in total. The summed E-state index contributed by atoms with van der Waals surface area (Å²) >= 11 is 4.91. The molecule has 0 spiro atoms. The fourth-order valence-electron chi connectivity index (χ4n) is 2.03. The molecule has 1 fully saturated rings. The standard InChI is InChI=1S/C12H17BrN2OS/c1-15-4-2-9(3-5-15)7-14-12(16)10-6-11(13)17-8-10/h6,8-9H,2-5,7H2,1H3,(H,14,16).